The monoisotopic (exact) mass is 554 g/mol. The van der Waals surface area contributed by atoms with E-state index in [2.05, 4.69) is 18.8 Å². The number of nitrogens with two attached hydrogens (primary N) is 1. The molecule has 0 aliphatic heterocycles. The molecule has 0 fully saturated rings. The molecule has 0 saturated heterocycles. The molecule has 0 spiro atoms. The van der Waals surface area contributed by atoms with Gasteiger partial charge in [-0.2, -0.15) is 0 Å². The van der Waals surface area contributed by atoms with Gasteiger partial charge < -0.3 is 10.7 Å². The summed E-state index contributed by atoms with van der Waals surface area (Å²) in [4.78, 5) is 42.5. The number of benzene rings is 4. The Morgan fingerprint density at radius 2 is 1.73 bits per heavy atom. The minimum atomic E-state index is -0.732. The first-order chi connectivity index (χ1) is 19.1. The van der Waals surface area contributed by atoms with Crippen molar-refractivity contribution in [1.29, 1.82) is 0 Å². The van der Waals surface area contributed by atoms with E-state index < -0.39 is 23.0 Å². The molecule has 7 nitrogen and oxygen atoms in total. The van der Waals surface area contributed by atoms with Crippen LogP contribution >= 0.6 is 11.6 Å². The second kappa shape index (κ2) is 9.20. The van der Waals surface area contributed by atoms with Gasteiger partial charge in [0, 0.05) is 28.9 Å². The van der Waals surface area contributed by atoms with Crippen LogP contribution in [0.4, 0.5) is 4.39 Å². The van der Waals surface area contributed by atoms with Crippen molar-refractivity contribution < 1.29 is 9.18 Å². The van der Waals surface area contributed by atoms with Gasteiger partial charge in [-0.05, 0) is 47.4 Å². The van der Waals surface area contributed by atoms with Gasteiger partial charge in [0.1, 0.15) is 5.82 Å². The fourth-order valence-electron chi connectivity index (χ4n) is 5.41. The number of carbonyl (C=O) groups excluding carboxylic acids is 1. The second-order valence-corrected chi connectivity index (χ2v) is 10.5. The van der Waals surface area contributed by atoms with Gasteiger partial charge in [-0.1, -0.05) is 61.8 Å². The lowest BCUT2D eigenvalue weighted by molar-refractivity contribution is 0.100. The van der Waals surface area contributed by atoms with Crippen LogP contribution in [-0.2, 0) is 7.05 Å². The highest BCUT2D eigenvalue weighted by molar-refractivity contribution is 6.36. The highest BCUT2D eigenvalue weighted by atomic mass is 35.5. The lowest BCUT2D eigenvalue weighted by atomic mass is 9.95. The Kier molecular flexibility index (Phi) is 5.89. The number of aryl methyl sites for hydroxylation is 1. The Morgan fingerprint density at radius 3 is 2.45 bits per heavy atom. The number of amides is 1. The standard InChI is InChI=1S/C31H24ClFN4O3/c1-15(2)16-10-11-19-23(14-16)35-27-20(29(34)38)13-12-17(25(19)27)18-6-5-9-24(26(18)32)37-30(39)21-7-4-8-22(33)28(21)36(3)31(37)40/h4-15,35H,1-3H3,(H2,34,38). The molecule has 0 unspecified atom stereocenters. The number of aromatic nitrogens is 3. The van der Waals surface area contributed by atoms with Crippen LogP contribution < -0.4 is 17.0 Å². The molecule has 0 atom stereocenters. The van der Waals surface area contributed by atoms with E-state index in [1.807, 2.05) is 18.2 Å². The van der Waals surface area contributed by atoms with Gasteiger partial charge in [0.05, 0.1) is 32.7 Å². The summed E-state index contributed by atoms with van der Waals surface area (Å²) < 4.78 is 16.6. The zero-order valence-corrected chi connectivity index (χ0v) is 22.6. The third kappa shape index (κ3) is 3.67. The molecule has 0 saturated carbocycles. The minimum absolute atomic E-state index is 0.0503. The Morgan fingerprint density at radius 1 is 0.975 bits per heavy atom. The zero-order valence-electron chi connectivity index (χ0n) is 21.9. The maximum atomic E-state index is 14.5. The van der Waals surface area contributed by atoms with Crippen LogP contribution in [0, 0.1) is 5.82 Å². The fraction of sp³-hybridized carbons (Fsp3) is 0.129. The summed E-state index contributed by atoms with van der Waals surface area (Å²) in [6.45, 7) is 4.20. The van der Waals surface area contributed by atoms with Crippen LogP contribution in [0.25, 0.3) is 49.5 Å². The van der Waals surface area contributed by atoms with Crippen LogP contribution in [0.2, 0.25) is 5.02 Å². The predicted molar refractivity (Wildman–Crippen MR) is 157 cm³/mol. The van der Waals surface area contributed by atoms with Gasteiger partial charge >= 0.3 is 5.69 Å². The molecule has 0 aliphatic carbocycles. The van der Waals surface area contributed by atoms with Gasteiger partial charge in [0.2, 0.25) is 0 Å². The van der Waals surface area contributed by atoms with E-state index in [-0.39, 0.29) is 21.6 Å². The molecule has 200 valence electrons. The summed E-state index contributed by atoms with van der Waals surface area (Å²) in [6.07, 6.45) is 0. The summed E-state index contributed by atoms with van der Waals surface area (Å²) in [6, 6.07) is 18.6. The first-order valence-corrected chi connectivity index (χ1v) is 13.1. The molecule has 4 aromatic carbocycles. The van der Waals surface area contributed by atoms with E-state index >= 15 is 0 Å². The van der Waals surface area contributed by atoms with Crippen LogP contribution in [0.3, 0.4) is 0 Å². The number of carbonyl (C=O) groups is 1. The number of H-pyrrole nitrogens is 1. The zero-order chi connectivity index (χ0) is 28.5. The van der Waals surface area contributed by atoms with Crippen molar-refractivity contribution in [3.8, 4) is 16.8 Å². The molecule has 9 heteroatoms. The number of nitrogens with zero attached hydrogens (tertiary/aromatic N) is 2. The van der Waals surface area contributed by atoms with Gasteiger partial charge in [-0.3, -0.25) is 14.2 Å². The number of fused-ring (bicyclic) bond motifs is 4. The van der Waals surface area contributed by atoms with E-state index in [1.165, 1.54) is 25.2 Å². The van der Waals surface area contributed by atoms with Crippen LogP contribution in [-0.4, -0.2) is 20.0 Å². The summed E-state index contributed by atoms with van der Waals surface area (Å²) in [5.74, 6) is -0.947. The maximum absolute atomic E-state index is 14.5. The SMILES string of the molecule is CC(C)c1ccc2c(c1)[nH]c1c(C(N)=O)ccc(-c3cccc(-n4c(=O)c5cccc(F)c5n(C)c4=O)c3Cl)c12. The number of nitrogens with one attached hydrogen (secondary N) is 1. The number of hydrogen-bond acceptors (Lipinski definition) is 3. The van der Waals surface area contributed by atoms with Crippen molar-refractivity contribution in [2.75, 3.05) is 0 Å². The average Bonchev–Trinajstić information content (AvgIpc) is 3.31. The molecule has 0 radical (unpaired) electrons. The van der Waals surface area contributed by atoms with Crippen LogP contribution in [0.5, 0.6) is 0 Å². The van der Waals surface area contributed by atoms with Crippen molar-refractivity contribution in [1.82, 2.24) is 14.1 Å². The molecular formula is C31H24ClFN4O3. The predicted octanol–water partition coefficient (Wildman–Crippen LogP) is 6.01. The summed E-state index contributed by atoms with van der Waals surface area (Å²) in [5.41, 5.74) is 8.47. The minimum Gasteiger partial charge on any atom is -0.366 e. The summed E-state index contributed by atoms with van der Waals surface area (Å²) in [5, 5.41) is 1.81. The van der Waals surface area contributed by atoms with Gasteiger partial charge in [0.25, 0.3) is 11.5 Å². The Labute approximate surface area is 232 Å². The van der Waals surface area contributed by atoms with E-state index in [1.54, 1.807) is 30.3 Å². The molecule has 0 aliphatic rings. The number of primary amides is 1. The molecule has 3 N–H and O–H groups in total. The molecule has 6 rings (SSSR count). The molecule has 2 aromatic heterocycles. The van der Waals surface area contributed by atoms with Crippen LogP contribution in [0.1, 0.15) is 35.7 Å². The van der Waals surface area contributed by atoms with Crippen molar-refractivity contribution in [3.63, 3.8) is 0 Å². The number of aromatic amines is 1. The van der Waals surface area contributed by atoms with E-state index in [0.717, 1.165) is 31.0 Å². The summed E-state index contributed by atoms with van der Waals surface area (Å²) in [7, 11) is 1.41. The Hall–Kier alpha value is -4.69. The van der Waals surface area contributed by atoms with Crippen molar-refractivity contribution in [2.24, 2.45) is 12.8 Å². The molecule has 1 amide bonds. The third-order valence-corrected chi connectivity index (χ3v) is 7.85. The molecule has 2 heterocycles. The first kappa shape index (κ1) is 25.6. The van der Waals surface area contributed by atoms with Crippen molar-refractivity contribution >= 4 is 50.2 Å². The largest absolute Gasteiger partial charge is 0.366 e. The van der Waals surface area contributed by atoms with Crippen LogP contribution in [0.15, 0.2) is 76.3 Å². The molecule has 6 aromatic rings. The second-order valence-electron chi connectivity index (χ2n) is 10.1. The lowest BCUT2D eigenvalue weighted by Gasteiger charge is -2.15. The third-order valence-electron chi connectivity index (χ3n) is 7.45. The molecular weight excluding hydrogens is 531 g/mol. The quantitative estimate of drug-likeness (QED) is 0.279. The summed E-state index contributed by atoms with van der Waals surface area (Å²) >= 11 is 6.96. The van der Waals surface area contributed by atoms with E-state index in [0.29, 0.717) is 28.1 Å². The lowest BCUT2D eigenvalue weighted by Crippen LogP contribution is -2.38. The number of halogens is 2. The average molecular weight is 555 g/mol. The Bertz CT molecular complexity index is 2160. The number of para-hydroxylation sites is 1. The van der Waals surface area contributed by atoms with Crippen molar-refractivity contribution in [2.45, 2.75) is 19.8 Å². The van der Waals surface area contributed by atoms with Gasteiger partial charge in [-0.25, -0.2) is 13.8 Å². The number of hydrogen-bond donors (Lipinski definition) is 2. The topological polar surface area (TPSA) is 103 Å². The van der Waals surface area contributed by atoms with E-state index in [4.69, 9.17) is 17.3 Å². The van der Waals surface area contributed by atoms with E-state index in [9.17, 15) is 18.8 Å². The molecule has 0 bridgehead atoms. The number of rotatable bonds is 4. The van der Waals surface area contributed by atoms with Gasteiger partial charge in [-0.15, -0.1) is 0 Å². The molecule has 40 heavy (non-hydrogen) atoms. The first-order valence-electron chi connectivity index (χ1n) is 12.7. The maximum Gasteiger partial charge on any atom is 0.336 e. The highest BCUT2D eigenvalue weighted by Gasteiger charge is 2.22. The highest BCUT2D eigenvalue weighted by Crippen LogP contribution is 2.41. The van der Waals surface area contributed by atoms with Crippen molar-refractivity contribution in [3.05, 3.63) is 110 Å². The van der Waals surface area contributed by atoms with Gasteiger partial charge in [0.15, 0.2) is 0 Å². The fourth-order valence-corrected chi connectivity index (χ4v) is 5.73. The Balaban J connectivity index is 1.68. The normalized spacial score (nSPS) is 11.8. The smallest absolute Gasteiger partial charge is 0.336 e.